The van der Waals surface area contributed by atoms with Gasteiger partial charge in [0.15, 0.2) is 10.8 Å². The molecule has 0 saturated heterocycles. The van der Waals surface area contributed by atoms with E-state index in [0.717, 1.165) is 17.7 Å². The summed E-state index contributed by atoms with van der Waals surface area (Å²) in [4.78, 5) is 16.6. The standard InChI is InChI=1S/C21H17N3O2S/c1-14-11-18(24-26-14)20(25)23-21-22-19(13-27-21)17-9-7-16(8-10-17)12-15-5-3-2-4-6-15/h2-11,13H,12H2,1H3,(H,22,23,25). The molecule has 0 radical (unpaired) electrons. The summed E-state index contributed by atoms with van der Waals surface area (Å²) in [5, 5.41) is 8.92. The number of thiazole rings is 1. The van der Waals surface area contributed by atoms with E-state index < -0.39 is 0 Å². The average Bonchev–Trinajstić information content (AvgIpc) is 3.32. The predicted molar refractivity (Wildman–Crippen MR) is 106 cm³/mol. The number of aromatic nitrogens is 2. The number of carbonyl (C=O) groups excluding carboxylic acids is 1. The number of carbonyl (C=O) groups is 1. The fraction of sp³-hybridized carbons (Fsp3) is 0.0952. The predicted octanol–water partition coefficient (Wildman–Crippen LogP) is 4.95. The molecule has 0 unspecified atom stereocenters. The van der Waals surface area contributed by atoms with Crippen LogP contribution in [0.1, 0.15) is 27.4 Å². The van der Waals surface area contributed by atoms with Crippen molar-refractivity contribution in [1.82, 2.24) is 10.1 Å². The van der Waals surface area contributed by atoms with Crippen molar-refractivity contribution in [2.75, 3.05) is 5.32 Å². The van der Waals surface area contributed by atoms with Gasteiger partial charge in [-0.2, -0.15) is 0 Å². The van der Waals surface area contributed by atoms with Gasteiger partial charge in [-0.05, 0) is 24.5 Å². The van der Waals surface area contributed by atoms with Crippen molar-refractivity contribution in [2.24, 2.45) is 0 Å². The van der Waals surface area contributed by atoms with Gasteiger partial charge >= 0.3 is 0 Å². The van der Waals surface area contributed by atoms with Gasteiger partial charge in [0.05, 0.1) is 5.69 Å². The van der Waals surface area contributed by atoms with Crippen LogP contribution in [-0.4, -0.2) is 16.0 Å². The lowest BCUT2D eigenvalue weighted by Crippen LogP contribution is -2.11. The number of nitrogens with zero attached hydrogens (tertiary/aromatic N) is 2. The molecule has 5 nitrogen and oxygen atoms in total. The normalized spacial score (nSPS) is 10.7. The number of nitrogens with one attached hydrogen (secondary N) is 1. The second kappa shape index (κ2) is 7.55. The molecule has 0 spiro atoms. The van der Waals surface area contributed by atoms with Crippen LogP contribution in [0.5, 0.6) is 0 Å². The Labute approximate surface area is 160 Å². The van der Waals surface area contributed by atoms with Crippen molar-refractivity contribution in [2.45, 2.75) is 13.3 Å². The monoisotopic (exact) mass is 375 g/mol. The smallest absolute Gasteiger partial charge is 0.279 e. The number of benzene rings is 2. The van der Waals surface area contributed by atoms with E-state index >= 15 is 0 Å². The summed E-state index contributed by atoms with van der Waals surface area (Å²) in [5.41, 5.74) is 4.62. The molecular formula is C21H17N3O2S. The molecule has 1 N–H and O–H groups in total. The number of anilines is 1. The third kappa shape index (κ3) is 4.12. The lowest BCUT2D eigenvalue weighted by Gasteiger charge is -2.03. The number of rotatable bonds is 5. The van der Waals surface area contributed by atoms with E-state index in [1.165, 1.54) is 22.5 Å². The van der Waals surface area contributed by atoms with Crippen LogP contribution in [0.3, 0.4) is 0 Å². The molecule has 134 valence electrons. The van der Waals surface area contributed by atoms with Gasteiger partial charge in [-0.3, -0.25) is 10.1 Å². The molecular weight excluding hydrogens is 358 g/mol. The lowest BCUT2D eigenvalue weighted by molar-refractivity contribution is 0.101. The Morgan fingerprint density at radius 3 is 2.52 bits per heavy atom. The highest BCUT2D eigenvalue weighted by Crippen LogP contribution is 2.26. The fourth-order valence-corrected chi connectivity index (χ4v) is 3.44. The van der Waals surface area contributed by atoms with Crippen molar-refractivity contribution < 1.29 is 9.32 Å². The van der Waals surface area contributed by atoms with Crippen molar-refractivity contribution in [3.8, 4) is 11.3 Å². The van der Waals surface area contributed by atoms with E-state index in [2.05, 4.69) is 64.0 Å². The third-order valence-corrected chi connectivity index (χ3v) is 4.84. The van der Waals surface area contributed by atoms with Gasteiger partial charge in [0.1, 0.15) is 5.76 Å². The van der Waals surface area contributed by atoms with Gasteiger partial charge < -0.3 is 4.52 Å². The minimum Gasteiger partial charge on any atom is -0.361 e. The van der Waals surface area contributed by atoms with E-state index in [9.17, 15) is 4.79 Å². The van der Waals surface area contributed by atoms with Gasteiger partial charge in [0.25, 0.3) is 5.91 Å². The van der Waals surface area contributed by atoms with Crippen molar-refractivity contribution in [1.29, 1.82) is 0 Å². The van der Waals surface area contributed by atoms with Crippen LogP contribution in [0.2, 0.25) is 0 Å². The van der Waals surface area contributed by atoms with Crippen LogP contribution in [0, 0.1) is 6.92 Å². The Kier molecular flexibility index (Phi) is 4.80. The first-order valence-electron chi connectivity index (χ1n) is 8.51. The summed E-state index contributed by atoms with van der Waals surface area (Å²) < 4.78 is 4.92. The average molecular weight is 375 g/mol. The molecule has 0 saturated carbocycles. The first kappa shape index (κ1) is 17.2. The van der Waals surface area contributed by atoms with Crippen LogP contribution in [0.25, 0.3) is 11.3 Å². The minimum atomic E-state index is -0.328. The molecule has 27 heavy (non-hydrogen) atoms. The van der Waals surface area contributed by atoms with Gasteiger partial charge in [-0.25, -0.2) is 4.98 Å². The summed E-state index contributed by atoms with van der Waals surface area (Å²) in [6.45, 7) is 1.74. The van der Waals surface area contributed by atoms with Crippen molar-refractivity contribution >= 4 is 22.4 Å². The SMILES string of the molecule is Cc1cc(C(=O)Nc2nc(-c3ccc(Cc4ccccc4)cc3)cs2)no1. The number of amides is 1. The largest absolute Gasteiger partial charge is 0.361 e. The quantitative estimate of drug-likeness (QED) is 0.536. The Morgan fingerprint density at radius 2 is 1.81 bits per heavy atom. The maximum Gasteiger partial charge on any atom is 0.279 e. The number of aryl methyl sites for hydroxylation is 1. The highest BCUT2D eigenvalue weighted by Gasteiger charge is 2.13. The molecule has 0 bridgehead atoms. The maximum absolute atomic E-state index is 12.1. The Morgan fingerprint density at radius 1 is 1.07 bits per heavy atom. The summed E-state index contributed by atoms with van der Waals surface area (Å²) in [6.07, 6.45) is 0.899. The number of hydrogen-bond donors (Lipinski definition) is 1. The van der Waals surface area contributed by atoms with Gasteiger partial charge in [0, 0.05) is 17.0 Å². The molecule has 0 aliphatic rings. The van der Waals surface area contributed by atoms with Crippen LogP contribution in [-0.2, 0) is 6.42 Å². The van der Waals surface area contributed by atoms with Gasteiger partial charge in [0.2, 0.25) is 0 Å². The Bertz CT molecular complexity index is 1050. The van der Waals surface area contributed by atoms with Crippen molar-refractivity contribution in [3.63, 3.8) is 0 Å². The fourth-order valence-electron chi connectivity index (χ4n) is 2.72. The molecule has 0 fully saturated rings. The van der Waals surface area contributed by atoms with E-state index in [4.69, 9.17) is 4.52 Å². The molecule has 2 aromatic heterocycles. The Balaban J connectivity index is 1.44. The van der Waals surface area contributed by atoms with Gasteiger partial charge in [-0.15, -0.1) is 11.3 Å². The Hall–Kier alpha value is -3.25. The zero-order chi connectivity index (χ0) is 18.6. The minimum absolute atomic E-state index is 0.245. The second-order valence-electron chi connectivity index (χ2n) is 6.17. The van der Waals surface area contributed by atoms with Crippen LogP contribution in [0.4, 0.5) is 5.13 Å². The molecule has 2 aromatic carbocycles. The van der Waals surface area contributed by atoms with E-state index in [0.29, 0.717) is 10.9 Å². The molecule has 0 atom stereocenters. The molecule has 4 rings (SSSR count). The molecule has 1 amide bonds. The van der Waals surface area contributed by atoms with Crippen LogP contribution < -0.4 is 5.32 Å². The highest BCUT2D eigenvalue weighted by atomic mass is 32.1. The third-order valence-electron chi connectivity index (χ3n) is 4.09. The zero-order valence-corrected chi connectivity index (χ0v) is 15.5. The van der Waals surface area contributed by atoms with E-state index in [1.54, 1.807) is 13.0 Å². The summed E-state index contributed by atoms with van der Waals surface area (Å²) in [6, 6.07) is 20.3. The van der Waals surface area contributed by atoms with E-state index in [1.807, 2.05) is 11.4 Å². The second-order valence-corrected chi connectivity index (χ2v) is 7.03. The molecule has 0 aliphatic heterocycles. The molecule has 6 heteroatoms. The summed E-state index contributed by atoms with van der Waals surface area (Å²) in [7, 11) is 0. The first-order chi connectivity index (χ1) is 13.2. The first-order valence-corrected chi connectivity index (χ1v) is 9.39. The number of hydrogen-bond acceptors (Lipinski definition) is 5. The lowest BCUT2D eigenvalue weighted by atomic mass is 10.0. The molecule has 2 heterocycles. The van der Waals surface area contributed by atoms with Gasteiger partial charge in [-0.1, -0.05) is 59.8 Å². The van der Waals surface area contributed by atoms with Crippen LogP contribution in [0.15, 0.2) is 70.6 Å². The topological polar surface area (TPSA) is 68.0 Å². The van der Waals surface area contributed by atoms with E-state index in [-0.39, 0.29) is 11.6 Å². The van der Waals surface area contributed by atoms with Crippen LogP contribution >= 0.6 is 11.3 Å². The summed E-state index contributed by atoms with van der Waals surface area (Å²) >= 11 is 1.38. The summed E-state index contributed by atoms with van der Waals surface area (Å²) in [5.74, 6) is 0.265. The highest BCUT2D eigenvalue weighted by molar-refractivity contribution is 7.14. The van der Waals surface area contributed by atoms with Crippen molar-refractivity contribution in [3.05, 3.63) is 88.6 Å². The maximum atomic E-state index is 12.1. The molecule has 0 aliphatic carbocycles. The molecule has 4 aromatic rings. The zero-order valence-electron chi connectivity index (χ0n) is 14.7.